The van der Waals surface area contributed by atoms with Gasteiger partial charge >= 0.3 is 0 Å². The van der Waals surface area contributed by atoms with Crippen molar-refractivity contribution in [2.45, 2.75) is 49.6 Å². The van der Waals surface area contributed by atoms with Gasteiger partial charge in [-0.1, -0.05) is 46.6 Å². The molecular weight excluding hydrogens is 399 g/mol. The molecule has 0 aliphatic heterocycles. The number of rotatable bonds is 6. The molecule has 0 fully saturated rings. The minimum absolute atomic E-state index is 0.322. The zero-order valence-corrected chi connectivity index (χ0v) is 17.5. The van der Waals surface area contributed by atoms with E-state index in [1.807, 2.05) is 6.07 Å². The number of hydrogen-bond acceptors (Lipinski definition) is 4. The minimum atomic E-state index is 0.322. The summed E-state index contributed by atoms with van der Waals surface area (Å²) in [5.74, 6) is 0.322. The van der Waals surface area contributed by atoms with E-state index in [-0.39, 0.29) is 0 Å². The molecule has 4 nitrogen and oxygen atoms in total. The molecule has 0 N–H and O–H groups in total. The Morgan fingerprint density at radius 1 is 1.08 bits per heavy atom. The maximum absolute atomic E-state index is 6.27. The van der Waals surface area contributed by atoms with Crippen molar-refractivity contribution in [3.63, 3.8) is 0 Å². The molecule has 2 rings (SSSR count). The molecule has 0 unspecified atom stereocenters. The van der Waals surface area contributed by atoms with Crippen LogP contribution >= 0.6 is 46.6 Å². The molecule has 1 heterocycles. The van der Waals surface area contributed by atoms with Gasteiger partial charge in [-0.2, -0.15) is 4.98 Å². The molecular formula is C17H19Cl3N4S. The van der Waals surface area contributed by atoms with Crippen LogP contribution in [0.4, 0.5) is 5.95 Å². The number of nitrogens with zero attached hydrogens (tertiary/aromatic N) is 4. The van der Waals surface area contributed by atoms with Gasteiger partial charge < -0.3 is 4.90 Å². The fourth-order valence-electron chi connectivity index (χ4n) is 2.13. The van der Waals surface area contributed by atoms with E-state index in [1.54, 1.807) is 24.7 Å². The van der Waals surface area contributed by atoms with Crippen LogP contribution in [0.15, 0.2) is 39.2 Å². The van der Waals surface area contributed by atoms with E-state index >= 15 is 0 Å². The van der Waals surface area contributed by atoms with Crippen molar-refractivity contribution in [3.8, 4) is 0 Å². The Kier molecular flexibility index (Phi) is 7.37. The molecule has 0 bridgehead atoms. The molecule has 1 aromatic carbocycles. The summed E-state index contributed by atoms with van der Waals surface area (Å²) in [7, 11) is 0. The van der Waals surface area contributed by atoms with Gasteiger partial charge in [0.2, 0.25) is 0 Å². The van der Waals surface area contributed by atoms with Crippen molar-refractivity contribution < 1.29 is 0 Å². The van der Waals surface area contributed by atoms with E-state index in [0.717, 1.165) is 4.90 Å². The third-order valence-corrected chi connectivity index (χ3v) is 5.47. The largest absolute Gasteiger partial charge is 0.358 e. The van der Waals surface area contributed by atoms with E-state index in [9.17, 15) is 0 Å². The van der Waals surface area contributed by atoms with Gasteiger partial charge in [-0.05, 0) is 45.9 Å². The molecule has 0 aliphatic carbocycles. The van der Waals surface area contributed by atoms with Gasteiger partial charge in [0, 0.05) is 28.2 Å². The van der Waals surface area contributed by atoms with Crippen molar-refractivity contribution in [3.05, 3.63) is 39.6 Å². The quantitative estimate of drug-likeness (QED) is 0.311. The van der Waals surface area contributed by atoms with Crippen molar-refractivity contribution in [2.75, 3.05) is 0 Å². The summed E-state index contributed by atoms with van der Waals surface area (Å²) in [6.07, 6.45) is 3.40. The molecule has 0 atom stereocenters. The number of aromatic nitrogens is 2. The first-order valence-electron chi connectivity index (χ1n) is 7.75. The van der Waals surface area contributed by atoms with Crippen LogP contribution in [0.5, 0.6) is 0 Å². The van der Waals surface area contributed by atoms with Crippen LogP contribution < -0.4 is 0 Å². The molecule has 8 heteroatoms. The van der Waals surface area contributed by atoms with Gasteiger partial charge in [-0.25, -0.2) is 9.98 Å². The highest BCUT2D eigenvalue weighted by Crippen LogP contribution is 2.37. The molecule has 0 saturated carbocycles. The van der Waals surface area contributed by atoms with Crippen LogP contribution in [0.25, 0.3) is 0 Å². The van der Waals surface area contributed by atoms with Crippen LogP contribution in [0.1, 0.15) is 27.7 Å². The SMILES string of the molecule is CC(C)N(C=Nc1ncc(Sc2ccc(Cl)cc2Cl)c(Cl)n1)C(C)C. The number of halogens is 3. The monoisotopic (exact) mass is 416 g/mol. The molecule has 2 aromatic rings. The van der Waals surface area contributed by atoms with Gasteiger partial charge in [-0.3, -0.25) is 0 Å². The van der Waals surface area contributed by atoms with Crippen molar-refractivity contribution in [1.82, 2.24) is 14.9 Å². The maximum atomic E-state index is 6.27. The lowest BCUT2D eigenvalue weighted by atomic mass is 10.2. The molecule has 0 spiro atoms. The summed E-state index contributed by atoms with van der Waals surface area (Å²) >= 11 is 19.8. The standard InChI is InChI=1S/C17H19Cl3N4S/c1-10(2)24(11(3)4)9-22-17-21-8-15(16(20)23-17)25-14-6-5-12(18)7-13(14)19/h5-11H,1-4H3. The minimum Gasteiger partial charge on any atom is -0.358 e. The van der Waals surface area contributed by atoms with Gasteiger partial charge in [0.25, 0.3) is 5.95 Å². The Bertz CT molecular complexity index is 758. The Morgan fingerprint density at radius 2 is 1.76 bits per heavy atom. The Morgan fingerprint density at radius 3 is 2.32 bits per heavy atom. The van der Waals surface area contributed by atoms with E-state index in [2.05, 4.69) is 47.6 Å². The topological polar surface area (TPSA) is 41.4 Å². The normalized spacial score (nSPS) is 11.7. The summed E-state index contributed by atoms with van der Waals surface area (Å²) < 4.78 is 0. The molecule has 0 radical (unpaired) electrons. The Hall–Kier alpha value is -1.01. The van der Waals surface area contributed by atoms with E-state index in [1.165, 1.54) is 11.8 Å². The lowest BCUT2D eigenvalue weighted by Crippen LogP contribution is -2.35. The van der Waals surface area contributed by atoms with Crippen molar-refractivity contribution in [2.24, 2.45) is 4.99 Å². The van der Waals surface area contributed by atoms with E-state index < -0.39 is 0 Å². The average molecular weight is 418 g/mol. The predicted octanol–water partition coefficient (Wildman–Crippen LogP) is 6.37. The van der Waals surface area contributed by atoms with Crippen LogP contribution in [-0.2, 0) is 0 Å². The van der Waals surface area contributed by atoms with Crippen molar-refractivity contribution in [1.29, 1.82) is 0 Å². The highest BCUT2D eigenvalue weighted by molar-refractivity contribution is 7.99. The summed E-state index contributed by atoms with van der Waals surface area (Å²) in [6.45, 7) is 8.43. The Labute approximate surface area is 167 Å². The lowest BCUT2D eigenvalue weighted by Gasteiger charge is -2.27. The average Bonchev–Trinajstić information content (AvgIpc) is 2.51. The van der Waals surface area contributed by atoms with Gasteiger partial charge in [0.15, 0.2) is 0 Å². The number of hydrogen-bond donors (Lipinski definition) is 0. The molecule has 1 aromatic heterocycles. The van der Waals surface area contributed by atoms with E-state index in [4.69, 9.17) is 34.8 Å². The zero-order valence-electron chi connectivity index (χ0n) is 14.4. The zero-order chi connectivity index (χ0) is 18.6. The number of benzene rings is 1. The van der Waals surface area contributed by atoms with E-state index in [0.29, 0.717) is 38.1 Å². The first-order chi connectivity index (χ1) is 11.8. The first-order valence-corrected chi connectivity index (χ1v) is 9.70. The van der Waals surface area contributed by atoms with Gasteiger partial charge in [0.1, 0.15) is 5.15 Å². The molecule has 134 valence electrons. The van der Waals surface area contributed by atoms with Gasteiger partial charge in [0.05, 0.1) is 16.3 Å². The third-order valence-electron chi connectivity index (χ3n) is 3.31. The van der Waals surface area contributed by atoms with Crippen LogP contribution in [-0.4, -0.2) is 33.3 Å². The highest BCUT2D eigenvalue weighted by Gasteiger charge is 2.11. The predicted molar refractivity (Wildman–Crippen MR) is 108 cm³/mol. The summed E-state index contributed by atoms with van der Waals surface area (Å²) in [4.78, 5) is 16.5. The summed E-state index contributed by atoms with van der Waals surface area (Å²) in [6, 6.07) is 5.96. The molecule has 0 amide bonds. The second-order valence-corrected chi connectivity index (χ2v) is 8.17. The molecule has 25 heavy (non-hydrogen) atoms. The molecule has 0 saturated heterocycles. The first kappa shape index (κ1) is 20.3. The van der Waals surface area contributed by atoms with Crippen molar-refractivity contribution >= 4 is 58.9 Å². The summed E-state index contributed by atoms with van der Waals surface area (Å²) in [5.41, 5.74) is 0. The second kappa shape index (κ2) is 9.08. The second-order valence-electron chi connectivity index (χ2n) is 5.88. The van der Waals surface area contributed by atoms with Crippen LogP contribution in [0, 0.1) is 0 Å². The fraction of sp³-hybridized carbons (Fsp3) is 0.353. The van der Waals surface area contributed by atoms with Gasteiger partial charge in [-0.15, -0.1) is 0 Å². The maximum Gasteiger partial charge on any atom is 0.252 e. The van der Waals surface area contributed by atoms with Crippen LogP contribution in [0.2, 0.25) is 15.2 Å². The third kappa shape index (κ3) is 5.74. The lowest BCUT2D eigenvalue weighted by molar-refractivity contribution is 0.301. The summed E-state index contributed by atoms with van der Waals surface area (Å²) in [5, 5.41) is 1.47. The Balaban J connectivity index is 2.17. The number of aliphatic imine (C=N–C) groups is 1. The van der Waals surface area contributed by atoms with Crippen LogP contribution in [0.3, 0.4) is 0 Å². The fourth-order valence-corrected chi connectivity index (χ4v) is 3.66. The smallest absolute Gasteiger partial charge is 0.252 e. The molecule has 0 aliphatic rings. The highest BCUT2D eigenvalue weighted by atomic mass is 35.5.